The predicted molar refractivity (Wildman–Crippen MR) is 59.3 cm³/mol. The van der Waals surface area contributed by atoms with Crippen molar-refractivity contribution < 1.29 is 13.2 Å². The molecular formula is C9H20N2O3S. The second kappa shape index (κ2) is 5.25. The fraction of sp³-hybridized carbons (Fsp3) is 1.00. The van der Waals surface area contributed by atoms with Crippen LogP contribution in [0.25, 0.3) is 0 Å². The molecule has 5 nitrogen and oxygen atoms in total. The standard InChI is InChI=1S/C9H20N2O3S/c1-8(7-14-3)15(12,13)11(2)9-4-5-10-6-9/h8-10H,4-7H2,1-3H3. The first-order chi connectivity index (χ1) is 7.00. The molecule has 0 aromatic rings. The van der Waals surface area contributed by atoms with Crippen molar-refractivity contribution in [3.63, 3.8) is 0 Å². The van der Waals surface area contributed by atoms with E-state index in [9.17, 15) is 8.42 Å². The highest BCUT2D eigenvalue weighted by atomic mass is 32.2. The molecule has 0 aliphatic carbocycles. The van der Waals surface area contributed by atoms with E-state index < -0.39 is 15.3 Å². The van der Waals surface area contributed by atoms with Crippen LogP contribution in [0.4, 0.5) is 0 Å². The number of rotatable bonds is 5. The fourth-order valence-corrected chi connectivity index (χ4v) is 3.23. The lowest BCUT2D eigenvalue weighted by molar-refractivity contribution is 0.197. The molecule has 15 heavy (non-hydrogen) atoms. The van der Waals surface area contributed by atoms with Gasteiger partial charge in [-0.15, -0.1) is 0 Å². The Morgan fingerprint density at radius 2 is 2.27 bits per heavy atom. The van der Waals surface area contributed by atoms with Crippen LogP contribution in [0.3, 0.4) is 0 Å². The molecule has 1 heterocycles. The van der Waals surface area contributed by atoms with Crippen LogP contribution < -0.4 is 5.32 Å². The number of hydrogen-bond donors (Lipinski definition) is 1. The zero-order valence-electron chi connectivity index (χ0n) is 9.56. The maximum Gasteiger partial charge on any atom is 0.219 e. The summed E-state index contributed by atoms with van der Waals surface area (Å²) in [7, 11) is -0.0473. The minimum atomic E-state index is -3.22. The van der Waals surface area contributed by atoms with Gasteiger partial charge in [0, 0.05) is 26.7 Å². The number of nitrogens with zero attached hydrogens (tertiary/aromatic N) is 1. The lowest BCUT2D eigenvalue weighted by Crippen LogP contribution is -2.43. The monoisotopic (exact) mass is 236 g/mol. The van der Waals surface area contributed by atoms with Gasteiger partial charge in [0.15, 0.2) is 0 Å². The molecule has 0 saturated carbocycles. The van der Waals surface area contributed by atoms with E-state index in [1.807, 2.05) is 0 Å². The van der Waals surface area contributed by atoms with Gasteiger partial charge in [-0.25, -0.2) is 12.7 Å². The Morgan fingerprint density at radius 3 is 2.73 bits per heavy atom. The number of hydrogen-bond acceptors (Lipinski definition) is 4. The molecule has 1 aliphatic heterocycles. The summed E-state index contributed by atoms with van der Waals surface area (Å²) in [6, 6.07) is 0.0920. The van der Waals surface area contributed by atoms with Crippen LogP contribution in [0.5, 0.6) is 0 Å². The van der Waals surface area contributed by atoms with Gasteiger partial charge in [-0.2, -0.15) is 0 Å². The first-order valence-corrected chi connectivity index (χ1v) is 6.67. The van der Waals surface area contributed by atoms with Crippen LogP contribution in [0.1, 0.15) is 13.3 Å². The Morgan fingerprint density at radius 1 is 1.60 bits per heavy atom. The van der Waals surface area contributed by atoms with Crippen molar-refractivity contribution in [1.82, 2.24) is 9.62 Å². The average Bonchev–Trinajstić information content (AvgIpc) is 2.69. The molecule has 0 aromatic heterocycles. The summed E-state index contributed by atoms with van der Waals surface area (Å²) in [5.74, 6) is 0. The van der Waals surface area contributed by atoms with E-state index in [0.29, 0.717) is 0 Å². The van der Waals surface area contributed by atoms with Gasteiger partial charge in [0.1, 0.15) is 0 Å². The van der Waals surface area contributed by atoms with E-state index in [-0.39, 0.29) is 12.6 Å². The second-order valence-corrected chi connectivity index (χ2v) is 6.38. The molecule has 0 spiro atoms. The van der Waals surface area contributed by atoms with Crippen molar-refractivity contribution in [2.45, 2.75) is 24.6 Å². The van der Waals surface area contributed by atoms with Gasteiger partial charge in [0.2, 0.25) is 10.0 Å². The summed E-state index contributed by atoms with van der Waals surface area (Å²) in [6.07, 6.45) is 0.884. The van der Waals surface area contributed by atoms with Gasteiger partial charge in [0.25, 0.3) is 0 Å². The Bertz CT molecular complexity index is 286. The van der Waals surface area contributed by atoms with Crippen molar-refractivity contribution >= 4 is 10.0 Å². The van der Waals surface area contributed by atoms with Gasteiger partial charge in [-0.05, 0) is 19.9 Å². The highest BCUT2D eigenvalue weighted by Gasteiger charge is 2.32. The summed E-state index contributed by atoms with van der Waals surface area (Å²) in [5.41, 5.74) is 0. The van der Waals surface area contributed by atoms with Gasteiger partial charge in [-0.1, -0.05) is 0 Å². The number of methoxy groups -OCH3 is 1. The fourth-order valence-electron chi connectivity index (χ4n) is 1.76. The number of nitrogens with one attached hydrogen (secondary N) is 1. The zero-order valence-corrected chi connectivity index (χ0v) is 10.4. The van der Waals surface area contributed by atoms with E-state index in [0.717, 1.165) is 19.5 Å². The second-order valence-electron chi connectivity index (χ2n) is 3.97. The summed E-state index contributed by atoms with van der Waals surface area (Å²) in [4.78, 5) is 0. The predicted octanol–water partition coefficient (Wildman–Crippen LogP) is -0.355. The molecule has 1 aliphatic rings. The highest BCUT2D eigenvalue weighted by molar-refractivity contribution is 7.89. The van der Waals surface area contributed by atoms with Crippen molar-refractivity contribution in [3.05, 3.63) is 0 Å². The molecule has 0 radical (unpaired) electrons. The van der Waals surface area contributed by atoms with Crippen molar-refractivity contribution in [2.24, 2.45) is 0 Å². The Hall–Kier alpha value is -0.170. The lowest BCUT2D eigenvalue weighted by atomic mass is 10.3. The molecule has 1 N–H and O–H groups in total. The third kappa shape index (κ3) is 2.90. The molecule has 0 bridgehead atoms. The van der Waals surface area contributed by atoms with Crippen LogP contribution in [0, 0.1) is 0 Å². The number of ether oxygens (including phenoxy) is 1. The molecule has 2 unspecified atom stereocenters. The molecule has 6 heteroatoms. The average molecular weight is 236 g/mol. The van der Waals surface area contributed by atoms with E-state index in [2.05, 4.69) is 5.32 Å². The number of likely N-dealkylation sites (N-methyl/N-ethyl adjacent to an activating group) is 1. The molecule has 1 fully saturated rings. The minimum absolute atomic E-state index is 0.0920. The van der Waals surface area contributed by atoms with Gasteiger partial charge in [-0.3, -0.25) is 0 Å². The normalized spacial score (nSPS) is 24.7. The number of sulfonamides is 1. The summed E-state index contributed by atoms with van der Waals surface area (Å²) in [5, 5.41) is 2.68. The molecule has 0 aromatic carbocycles. The van der Waals surface area contributed by atoms with Crippen molar-refractivity contribution in [1.29, 1.82) is 0 Å². The quantitative estimate of drug-likeness (QED) is 0.708. The first-order valence-electron chi connectivity index (χ1n) is 5.16. The SMILES string of the molecule is COCC(C)S(=O)(=O)N(C)C1CCNC1. The zero-order chi connectivity index (χ0) is 11.5. The molecule has 90 valence electrons. The Labute approximate surface area is 91.8 Å². The van der Waals surface area contributed by atoms with Crippen LogP contribution in [0.15, 0.2) is 0 Å². The third-order valence-electron chi connectivity index (χ3n) is 2.86. The molecule has 0 amide bonds. The first kappa shape index (κ1) is 12.9. The van der Waals surface area contributed by atoms with Gasteiger partial charge in [0.05, 0.1) is 11.9 Å². The molecular weight excluding hydrogens is 216 g/mol. The summed E-state index contributed by atoms with van der Waals surface area (Å²) in [6.45, 7) is 3.56. The van der Waals surface area contributed by atoms with Crippen LogP contribution in [-0.4, -0.2) is 57.9 Å². The van der Waals surface area contributed by atoms with Crippen LogP contribution in [0.2, 0.25) is 0 Å². The van der Waals surface area contributed by atoms with E-state index in [4.69, 9.17) is 4.74 Å². The van der Waals surface area contributed by atoms with Gasteiger partial charge < -0.3 is 10.1 Å². The largest absolute Gasteiger partial charge is 0.383 e. The van der Waals surface area contributed by atoms with Crippen molar-refractivity contribution in [2.75, 3.05) is 33.9 Å². The van der Waals surface area contributed by atoms with E-state index >= 15 is 0 Å². The third-order valence-corrected chi connectivity index (χ3v) is 5.11. The topological polar surface area (TPSA) is 58.6 Å². The highest BCUT2D eigenvalue weighted by Crippen LogP contribution is 2.15. The molecule has 2 atom stereocenters. The summed E-state index contributed by atoms with van der Waals surface area (Å²) >= 11 is 0. The smallest absolute Gasteiger partial charge is 0.219 e. The maximum atomic E-state index is 12.0. The van der Waals surface area contributed by atoms with Crippen LogP contribution in [-0.2, 0) is 14.8 Å². The van der Waals surface area contributed by atoms with Crippen molar-refractivity contribution in [3.8, 4) is 0 Å². The maximum absolute atomic E-state index is 12.0. The minimum Gasteiger partial charge on any atom is -0.383 e. The molecule has 1 saturated heterocycles. The molecule has 1 rings (SSSR count). The summed E-state index contributed by atoms with van der Waals surface area (Å²) < 4.78 is 30.4. The van der Waals surface area contributed by atoms with E-state index in [1.54, 1.807) is 14.0 Å². The van der Waals surface area contributed by atoms with Gasteiger partial charge >= 0.3 is 0 Å². The Kier molecular flexibility index (Phi) is 4.51. The van der Waals surface area contributed by atoms with E-state index in [1.165, 1.54) is 11.4 Å². The Balaban J connectivity index is 2.67. The lowest BCUT2D eigenvalue weighted by Gasteiger charge is -2.26. The van der Waals surface area contributed by atoms with Crippen LogP contribution >= 0.6 is 0 Å².